The SMILES string of the molecule is O=C(c1cc(C(F)(F)F)n[nH]1)N(CCC1CCS(=O)(=O)C1)Cc1c(F)cccc1F. The van der Waals surface area contributed by atoms with Gasteiger partial charge in [-0.25, -0.2) is 17.2 Å². The first-order chi connectivity index (χ1) is 14.0. The second-order valence-corrected chi connectivity index (χ2v) is 9.38. The minimum atomic E-state index is -4.77. The van der Waals surface area contributed by atoms with Crippen molar-refractivity contribution < 1.29 is 35.2 Å². The molecule has 0 radical (unpaired) electrons. The average molecular weight is 451 g/mol. The number of nitrogens with zero attached hydrogens (tertiary/aromatic N) is 2. The van der Waals surface area contributed by atoms with Gasteiger partial charge in [0.2, 0.25) is 0 Å². The van der Waals surface area contributed by atoms with Gasteiger partial charge in [-0.05, 0) is 30.9 Å². The number of sulfone groups is 1. The van der Waals surface area contributed by atoms with Crippen molar-refractivity contribution in [3.05, 3.63) is 52.9 Å². The quantitative estimate of drug-likeness (QED) is 0.684. The van der Waals surface area contributed by atoms with Gasteiger partial charge in [0.05, 0.1) is 18.1 Å². The molecule has 30 heavy (non-hydrogen) atoms. The summed E-state index contributed by atoms with van der Waals surface area (Å²) in [5.74, 6) is -3.03. The molecular weight excluding hydrogens is 433 g/mol. The van der Waals surface area contributed by atoms with E-state index in [4.69, 9.17) is 0 Å². The molecule has 164 valence electrons. The zero-order valence-electron chi connectivity index (χ0n) is 15.5. The summed E-state index contributed by atoms with van der Waals surface area (Å²) in [5.41, 5.74) is -2.21. The van der Waals surface area contributed by atoms with E-state index < -0.39 is 57.1 Å². The van der Waals surface area contributed by atoms with Crippen molar-refractivity contribution in [2.24, 2.45) is 5.92 Å². The third-order valence-corrected chi connectivity index (χ3v) is 6.77. The van der Waals surface area contributed by atoms with Crippen molar-refractivity contribution in [3.8, 4) is 0 Å². The van der Waals surface area contributed by atoms with E-state index in [1.54, 1.807) is 0 Å². The summed E-state index contributed by atoms with van der Waals surface area (Å²) in [7, 11) is -3.17. The lowest BCUT2D eigenvalue weighted by atomic mass is 10.0. The number of nitrogens with one attached hydrogen (secondary N) is 1. The van der Waals surface area contributed by atoms with Crippen molar-refractivity contribution in [2.45, 2.75) is 25.6 Å². The molecule has 1 saturated heterocycles. The fourth-order valence-corrected chi connectivity index (χ4v) is 5.22. The molecule has 0 bridgehead atoms. The van der Waals surface area contributed by atoms with E-state index in [-0.39, 0.29) is 30.4 Å². The Morgan fingerprint density at radius 3 is 2.43 bits per heavy atom. The van der Waals surface area contributed by atoms with Crippen molar-refractivity contribution >= 4 is 15.7 Å². The van der Waals surface area contributed by atoms with E-state index in [1.807, 2.05) is 5.10 Å². The number of H-pyrrole nitrogens is 1. The minimum absolute atomic E-state index is 0.0169. The molecule has 0 spiro atoms. The number of halogens is 5. The van der Waals surface area contributed by atoms with E-state index in [0.717, 1.165) is 23.1 Å². The van der Waals surface area contributed by atoms with Crippen LogP contribution in [0.15, 0.2) is 24.3 Å². The van der Waals surface area contributed by atoms with Crippen LogP contribution in [-0.2, 0) is 22.6 Å². The Kier molecular flexibility index (Phi) is 6.16. The van der Waals surface area contributed by atoms with E-state index >= 15 is 0 Å². The van der Waals surface area contributed by atoms with Gasteiger partial charge < -0.3 is 4.90 Å². The molecule has 1 atom stereocenters. The highest BCUT2D eigenvalue weighted by molar-refractivity contribution is 7.91. The van der Waals surface area contributed by atoms with Gasteiger partial charge in [-0.2, -0.15) is 18.3 Å². The number of aromatic nitrogens is 2. The van der Waals surface area contributed by atoms with Crippen LogP contribution >= 0.6 is 0 Å². The molecule has 12 heteroatoms. The number of hydrogen-bond acceptors (Lipinski definition) is 4. The number of carbonyl (C=O) groups excluding carboxylic acids is 1. The Balaban J connectivity index is 1.83. The summed E-state index contributed by atoms with van der Waals surface area (Å²) in [6.45, 7) is -0.621. The molecule has 1 aliphatic heterocycles. The highest BCUT2D eigenvalue weighted by Gasteiger charge is 2.35. The second kappa shape index (κ2) is 8.32. The normalized spacial score (nSPS) is 18.5. The topological polar surface area (TPSA) is 83.1 Å². The molecule has 1 amide bonds. The molecule has 1 aliphatic rings. The molecule has 2 aromatic rings. The number of rotatable bonds is 6. The largest absolute Gasteiger partial charge is 0.435 e. The van der Waals surface area contributed by atoms with Crippen LogP contribution in [0, 0.1) is 17.6 Å². The number of amides is 1. The van der Waals surface area contributed by atoms with Gasteiger partial charge >= 0.3 is 6.18 Å². The van der Waals surface area contributed by atoms with Crippen LogP contribution in [0.5, 0.6) is 0 Å². The van der Waals surface area contributed by atoms with Crippen molar-refractivity contribution in [1.82, 2.24) is 15.1 Å². The monoisotopic (exact) mass is 451 g/mol. The van der Waals surface area contributed by atoms with Crippen LogP contribution in [0.4, 0.5) is 22.0 Å². The Morgan fingerprint density at radius 2 is 1.90 bits per heavy atom. The van der Waals surface area contributed by atoms with Crippen LogP contribution < -0.4 is 0 Å². The summed E-state index contributed by atoms with van der Waals surface area (Å²) in [6.07, 6.45) is -4.16. The zero-order valence-corrected chi connectivity index (χ0v) is 16.4. The molecular formula is C18H18F5N3O3S. The predicted octanol–water partition coefficient (Wildman–Crippen LogP) is 3.17. The van der Waals surface area contributed by atoms with Crippen LogP contribution in [0.1, 0.15) is 34.6 Å². The van der Waals surface area contributed by atoms with Gasteiger partial charge in [0.15, 0.2) is 15.5 Å². The van der Waals surface area contributed by atoms with Crippen LogP contribution in [-0.4, -0.2) is 47.5 Å². The summed E-state index contributed by atoms with van der Waals surface area (Å²) < 4.78 is 89.7. The van der Waals surface area contributed by atoms with Crippen molar-refractivity contribution in [1.29, 1.82) is 0 Å². The Hall–Kier alpha value is -2.50. The number of alkyl halides is 3. The molecule has 1 unspecified atom stereocenters. The smallest absolute Gasteiger partial charge is 0.333 e. The zero-order chi connectivity index (χ0) is 22.1. The lowest BCUT2D eigenvalue weighted by Gasteiger charge is -2.24. The lowest BCUT2D eigenvalue weighted by molar-refractivity contribution is -0.141. The molecule has 1 aromatic carbocycles. The number of benzene rings is 1. The van der Waals surface area contributed by atoms with E-state index in [2.05, 4.69) is 5.10 Å². The molecule has 0 aliphatic carbocycles. The number of aromatic amines is 1. The maximum atomic E-state index is 14.1. The van der Waals surface area contributed by atoms with Gasteiger partial charge in [0, 0.05) is 18.2 Å². The molecule has 3 rings (SSSR count). The standard InChI is InChI=1S/C18H18F5N3O3S/c19-13-2-1-3-14(20)12(13)9-26(6-4-11-5-7-30(28,29)10-11)17(27)15-8-16(25-24-15)18(21,22)23/h1-3,8,11H,4-7,9-10H2,(H,24,25). The predicted molar refractivity (Wildman–Crippen MR) is 96.1 cm³/mol. The Morgan fingerprint density at radius 1 is 1.23 bits per heavy atom. The first-order valence-electron chi connectivity index (χ1n) is 9.01. The first kappa shape index (κ1) is 22.2. The number of hydrogen-bond donors (Lipinski definition) is 1. The van der Waals surface area contributed by atoms with Gasteiger partial charge in [0.25, 0.3) is 5.91 Å². The molecule has 1 fully saturated rings. The lowest BCUT2D eigenvalue weighted by Crippen LogP contribution is -2.33. The van der Waals surface area contributed by atoms with Gasteiger partial charge in [-0.3, -0.25) is 9.89 Å². The highest BCUT2D eigenvalue weighted by Crippen LogP contribution is 2.28. The summed E-state index contributed by atoms with van der Waals surface area (Å²) >= 11 is 0. The van der Waals surface area contributed by atoms with Crippen LogP contribution in [0.2, 0.25) is 0 Å². The third-order valence-electron chi connectivity index (χ3n) is 4.93. The molecule has 2 heterocycles. The first-order valence-corrected chi connectivity index (χ1v) is 10.8. The van der Waals surface area contributed by atoms with Crippen LogP contribution in [0.3, 0.4) is 0 Å². The summed E-state index contributed by atoms with van der Waals surface area (Å²) in [5, 5.41) is 5.07. The van der Waals surface area contributed by atoms with Gasteiger partial charge in [-0.1, -0.05) is 6.07 Å². The molecule has 1 aromatic heterocycles. The fourth-order valence-electron chi connectivity index (χ4n) is 3.31. The van der Waals surface area contributed by atoms with E-state index in [0.29, 0.717) is 12.5 Å². The third kappa shape index (κ3) is 5.15. The Labute approximate surface area is 169 Å². The van der Waals surface area contributed by atoms with Crippen LogP contribution in [0.25, 0.3) is 0 Å². The van der Waals surface area contributed by atoms with E-state index in [1.165, 1.54) is 0 Å². The van der Waals surface area contributed by atoms with Gasteiger partial charge in [0.1, 0.15) is 17.3 Å². The second-order valence-electron chi connectivity index (χ2n) is 7.15. The average Bonchev–Trinajstić information content (AvgIpc) is 3.27. The van der Waals surface area contributed by atoms with Gasteiger partial charge in [-0.15, -0.1) is 0 Å². The highest BCUT2D eigenvalue weighted by atomic mass is 32.2. The maximum absolute atomic E-state index is 14.1. The fraction of sp³-hybridized carbons (Fsp3) is 0.444. The molecule has 6 nitrogen and oxygen atoms in total. The summed E-state index contributed by atoms with van der Waals surface area (Å²) in [6, 6.07) is 3.67. The molecule has 1 N–H and O–H groups in total. The number of carbonyl (C=O) groups is 1. The Bertz CT molecular complexity index is 1020. The molecule has 0 saturated carbocycles. The van der Waals surface area contributed by atoms with E-state index in [9.17, 15) is 35.2 Å². The maximum Gasteiger partial charge on any atom is 0.435 e. The van der Waals surface area contributed by atoms with Crippen molar-refractivity contribution in [3.63, 3.8) is 0 Å². The summed E-state index contributed by atoms with van der Waals surface area (Å²) in [4.78, 5) is 13.8. The minimum Gasteiger partial charge on any atom is -0.333 e. The van der Waals surface area contributed by atoms with Crippen molar-refractivity contribution in [2.75, 3.05) is 18.1 Å².